The van der Waals surface area contributed by atoms with Gasteiger partial charge in [-0.15, -0.1) is 0 Å². The Kier molecular flexibility index (Phi) is 16.0. The summed E-state index contributed by atoms with van der Waals surface area (Å²) in [6, 6.07) is 8.88. The van der Waals surface area contributed by atoms with Crippen molar-refractivity contribution >= 4 is 0 Å². The van der Waals surface area contributed by atoms with Crippen molar-refractivity contribution < 1.29 is 0 Å². The monoisotopic (exact) mass is 348 g/mol. The number of rotatable bonds is 7. The lowest BCUT2D eigenvalue weighted by Gasteiger charge is -2.24. The molecule has 25 heavy (non-hydrogen) atoms. The predicted octanol–water partition coefficient (Wildman–Crippen LogP) is 6.04. The van der Waals surface area contributed by atoms with Crippen molar-refractivity contribution in [3.05, 3.63) is 35.4 Å². The van der Waals surface area contributed by atoms with Crippen LogP contribution in [0.25, 0.3) is 0 Å². The summed E-state index contributed by atoms with van der Waals surface area (Å²) in [7, 11) is 2.26. The van der Waals surface area contributed by atoms with Crippen LogP contribution >= 0.6 is 0 Å². The summed E-state index contributed by atoms with van der Waals surface area (Å²) < 4.78 is 0. The second-order valence-corrected chi connectivity index (χ2v) is 6.98. The topological polar surface area (TPSA) is 15.3 Å². The minimum absolute atomic E-state index is 0.999. The molecule has 0 aromatic heterocycles. The Balaban J connectivity index is 0.000000710. The van der Waals surface area contributed by atoms with Gasteiger partial charge in [-0.2, -0.15) is 0 Å². The number of benzene rings is 1. The van der Waals surface area contributed by atoms with Gasteiger partial charge in [0.15, 0.2) is 0 Å². The molecule has 1 aromatic carbocycles. The molecular formula is C23H44N2. The SMILES string of the molecule is CC.CCNCC.Cc1cccc(CN(C)CCC2CCCCC2)c1. The van der Waals surface area contributed by atoms with Crippen LogP contribution in [0.15, 0.2) is 24.3 Å². The standard InChI is InChI=1S/C17H27N.C4H11N.C2H6/c1-15-7-6-10-17(13-15)14-18(2)12-11-16-8-4-3-5-9-16;1-3-5-4-2;1-2/h6-7,10,13,16H,3-5,8-9,11-12,14H2,1-2H3;5H,3-4H2,1-2H3;1-2H3. The normalized spacial score (nSPS) is 14.4. The maximum atomic E-state index is 3.11. The first-order chi connectivity index (χ1) is 12.2. The highest BCUT2D eigenvalue weighted by Gasteiger charge is 2.13. The Morgan fingerprint density at radius 3 is 2.20 bits per heavy atom. The van der Waals surface area contributed by atoms with E-state index in [0.717, 1.165) is 25.6 Å². The average molecular weight is 349 g/mol. The Morgan fingerprint density at radius 1 is 1.04 bits per heavy atom. The number of hydrogen-bond acceptors (Lipinski definition) is 2. The van der Waals surface area contributed by atoms with E-state index in [1.54, 1.807) is 0 Å². The van der Waals surface area contributed by atoms with Crippen LogP contribution < -0.4 is 5.32 Å². The average Bonchev–Trinajstić information content (AvgIpc) is 2.64. The molecule has 1 saturated carbocycles. The van der Waals surface area contributed by atoms with Gasteiger partial charge in [0.1, 0.15) is 0 Å². The van der Waals surface area contributed by atoms with Crippen molar-refractivity contribution in [1.29, 1.82) is 0 Å². The lowest BCUT2D eigenvalue weighted by molar-refractivity contribution is 0.260. The molecule has 1 aromatic rings. The van der Waals surface area contributed by atoms with E-state index in [4.69, 9.17) is 0 Å². The van der Waals surface area contributed by atoms with E-state index in [0.29, 0.717) is 0 Å². The summed E-state index contributed by atoms with van der Waals surface area (Å²) in [4.78, 5) is 2.48. The summed E-state index contributed by atoms with van der Waals surface area (Å²) in [5.74, 6) is 0.999. The molecule has 1 fully saturated rings. The number of nitrogens with one attached hydrogen (secondary N) is 1. The molecule has 2 heteroatoms. The first kappa shape index (κ1) is 24.1. The third kappa shape index (κ3) is 13.1. The van der Waals surface area contributed by atoms with Crippen LogP contribution in [0.5, 0.6) is 0 Å². The molecule has 1 N–H and O–H groups in total. The minimum Gasteiger partial charge on any atom is -0.317 e. The molecule has 0 amide bonds. The molecular weight excluding hydrogens is 304 g/mol. The van der Waals surface area contributed by atoms with Crippen molar-refractivity contribution in [1.82, 2.24) is 10.2 Å². The van der Waals surface area contributed by atoms with Gasteiger partial charge in [0.2, 0.25) is 0 Å². The quantitative estimate of drug-likeness (QED) is 0.646. The number of nitrogens with zero attached hydrogens (tertiary/aromatic N) is 1. The Hall–Kier alpha value is -0.860. The van der Waals surface area contributed by atoms with Gasteiger partial charge in [0.05, 0.1) is 0 Å². The Morgan fingerprint density at radius 2 is 1.68 bits per heavy atom. The van der Waals surface area contributed by atoms with Gasteiger partial charge in [0, 0.05) is 6.54 Å². The van der Waals surface area contributed by atoms with E-state index in [9.17, 15) is 0 Å². The second kappa shape index (κ2) is 16.6. The van der Waals surface area contributed by atoms with Crippen LogP contribution in [0.4, 0.5) is 0 Å². The summed E-state index contributed by atoms with van der Waals surface area (Å²) in [6.07, 6.45) is 8.73. The zero-order valence-corrected chi connectivity index (χ0v) is 17.9. The Labute approximate surface area is 158 Å². The molecule has 0 bridgehead atoms. The lowest BCUT2D eigenvalue weighted by atomic mass is 9.87. The van der Waals surface area contributed by atoms with Crippen LogP contribution in [0.1, 0.15) is 77.3 Å². The second-order valence-electron chi connectivity index (χ2n) is 6.98. The zero-order chi connectivity index (χ0) is 18.9. The van der Waals surface area contributed by atoms with Crippen molar-refractivity contribution in [3.8, 4) is 0 Å². The molecule has 0 aliphatic heterocycles. The smallest absolute Gasteiger partial charge is 0.0230 e. The first-order valence-electron chi connectivity index (χ1n) is 10.6. The van der Waals surface area contributed by atoms with E-state index in [1.807, 2.05) is 13.8 Å². The van der Waals surface area contributed by atoms with E-state index in [-0.39, 0.29) is 0 Å². The van der Waals surface area contributed by atoms with Crippen LogP contribution in [-0.2, 0) is 6.54 Å². The maximum Gasteiger partial charge on any atom is 0.0230 e. The van der Waals surface area contributed by atoms with Gasteiger partial charge in [-0.25, -0.2) is 0 Å². The van der Waals surface area contributed by atoms with Gasteiger partial charge in [-0.05, 0) is 51.5 Å². The van der Waals surface area contributed by atoms with E-state index in [1.165, 1.54) is 56.2 Å². The zero-order valence-electron chi connectivity index (χ0n) is 17.9. The lowest BCUT2D eigenvalue weighted by Crippen LogP contribution is -2.22. The molecule has 0 saturated heterocycles. The van der Waals surface area contributed by atoms with Crippen LogP contribution in [0.2, 0.25) is 0 Å². The summed E-state index contributed by atoms with van der Waals surface area (Å²) >= 11 is 0. The van der Waals surface area contributed by atoms with Crippen molar-refractivity contribution in [3.63, 3.8) is 0 Å². The van der Waals surface area contributed by atoms with Crippen molar-refractivity contribution in [2.45, 2.75) is 79.7 Å². The van der Waals surface area contributed by atoms with Crippen molar-refractivity contribution in [2.24, 2.45) is 5.92 Å². The molecule has 146 valence electrons. The fourth-order valence-corrected chi connectivity index (χ4v) is 3.33. The molecule has 1 aliphatic carbocycles. The molecule has 0 heterocycles. The van der Waals surface area contributed by atoms with Crippen LogP contribution in [0.3, 0.4) is 0 Å². The van der Waals surface area contributed by atoms with E-state index < -0.39 is 0 Å². The number of hydrogen-bond donors (Lipinski definition) is 1. The third-order valence-corrected chi connectivity index (χ3v) is 4.68. The van der Waals surface area contributed by atoms with Crippen molar-refractivity contribution in [2.75, 3.05) is 26.7 Å². The molecule has 2 rings (SSSR count). The van der Waals surface area contributed by atoms with E-state index in [2.05, 4.69) is 62.3 Å². The van der Waals surface area contributed by atoms with Gasteiger partial charge in [0.25, 0.3) is 0 Å². The van der Waals surface area contributed by atoms with Gasteiger partial charge >= 0.3 is 0 Å². The maximum absolute atomic E-state index is 3.11. The highest BCUT2D eigenvalue weighted by atomic mass is 15.1. The molecule has 2 nitrogen and oxygen atoms in total. The number of aryl methyl sites for hydroxylation is 1. The fourth-order valence-electron chi connectivity index (χ4n) is 3.33. The van der Waals surface area contributed by atoms with Gasteiger partial charge in [-0.1, -0.05) is 89.6 Å². The van der Waals surface area contributed by atoms with E-state index >= 15 is 0 Å². The minimum atomic E-state index is 0.999. The molecule has 0 spiro atoms. The molecule has 0 radical (unpaired) electrons. The van der Waals surface area contributed by atoms with Gasteiger partial charge in [-0.3, -0.25) is 0 Å². The third-order valence-electron chi connectivity index (χ3n) is 4.68. The summed E-state index contributed by atoms with van der Waals surface area (Å²) in [6.45, 7) is 14.9. The molecule has 0 atom stereocenters. The highest BCUT2D eigenvalue weighted by Crippen LogP contribution is 2.26. The first-order valence-corrected chi connectivity index (χ1v) is 10.6. The van der Waals surface area contributed by atoms with Crippen LogP contribution in [-0.4, -0.2) is 31.6 Å². The Bertz CT molecular complexity index is 395. The predicted molar refractivity (Wildman–Crippen MR) is 114 cm³/mol. The molecule has 1 aliphatic rings. The fraction of sp³-hybridized carbons (Fsp3) is 0.739. The molecule has 0 unspecified atom stereocenters. The largest absolute Gasteiger partial charge is 0.317 e. The summed E-state index contributed by atoms with van der Waals surface area (Å²) in [5.41, 5.74) is 2.81. The summed E-state index contributed by atoms with van der Waals surface area (Å²) in [5, 5.41) is 3.11. The van der Waals surface area contributed by atoms with Crippen LogP contribution in [0, 0.1) is 12.8 Å². The van der Waals surface area contributed by atoms with Gasteiger partial charge < -0.3 is 10.2 Å². The highest BCUT2D eigenvalue weighted by molar-refractivity contribution is 5.21.